The molecule has 2 aliphatic rings. The minimum Gasteiger partial charge on any atom is -0.490 e. The van der Waals surface area contributed by atoms with E-state index in [1.807, 2.05) is 27.7 Å². The lowest BCUT2D eigenvalue weighted by Crippen LogP contribution is -2.28. The van der Waals surface area contributed by atoms with Crippen LogP contribution in [0.1, 0.15) is 90.5 Å². The number of hydrogen-bond acceptors (Lipinski definition) is 4. The third kappa shape index (κ3) is 3.57. The van der Waals surface area contributed by atoms with Crippen molar-refractivity contribution in [3.63, 3.8) is 0 Å². The molecule has 0 radical (unpaired) electrons. The summed E-state index contributed by atoms with van der Waals surface area (Å²) >= 11 is 0. The fourth-order valence-electron chi connectivity index (χ4n) is 6.56. The average Bonchev–Trinajstić information content (AvgIpc) is 3.11. The summed E-state index contributed by atoms with van der Waals surface area (Å²) < 4.78 is 24.9. The first-order valence-corrected chi connectivity index (χ1v) is 12.5. The fraction of sp³-hybridized carbons (Fsp3) is 0.586. The zero-order valence-corrected chi connectivity index (χ0v) is 21.7. The maximum Gasteiger partial charge on any atom is 0.165 e. The quantitative estimate of drug-likeness (QED) is 0.435. The second kappa shape index (κ2) is 8.45. The molecule has 0 aromatic heterocycles. The minimum absolute atomic E-state index is 0.00524. The van der Waals surface area contributed by atoms with E-state index in [1.54, 1.807) is 0 Å². The van der Waals surface area contributed by atoms with Gasteiger partial charge in [0.25, 0.3) is 0 Å². The third-order valence-corrected chi connectivity index (χ3v) is 7.32. The van der Waals surface area contributed by atoms with E-state index in [0.29, 0.717) is 26.4 Å². The lowest BCUT2D eigenvalue weighted by Gasteiger charge is -2.33. The molecule has 0 saturated heterocycles. The van der Waals surface area contributed by atoms with Gasteiger partial charge in [-0.15, -0.1) is 0 Å². The first-order valence-electron chi connectivity index (χ1n) is 12.5. The fourth-order valence-corrected chi connectivity index (χ4v) is 6.56. The van der Waals surface area contributed by atoms with Gasteiger partial charge in [-0.25, -0.2) is 0 Å². The summed E-state index contributed by atoms with van der Waals surface area (Å²) in [5.74, 6) is 3.46. The predicted molar refractivity (Wildman–Crippen MR) is 134 cm³/mol. The van der Waals surface area contributed by atoms with Crippen LogP contribution in [0.25, 0.3) is 0 Å². The molecule has 0 fully saturated rings. The van der Waals surface area contributed by atoms with E-state index >= 15 is 0 Å². The predicted octanol–water partition coefficient (Wildman–Crippen LogP) is 6.93. The van der Waals surface area contributed by atoms with Crippen LogP contribution in [-0.2, 0) is 16.2 Å². The van der Waals surface area contributed by atoms with E-state index in [2.05, 4.69) is 52.0 Å². The normalized spacial score (nSPS) is 18.7. The topological polar surface area (TPSA) is 36.9 Å². The summed E-state index contributed by atoms with van der Waals surface area (Å²) in [6.45, 7) is 20.0. The SMILES string of the molecule is CCOc1ccc2c(c1OCC)C1(CC2(C)C)CC(C)(C)c2ccc(OCC)c(OCC)c21. The van der Waals surface area contributed by atoms with Crippen molar-refractivity contribution in [3.8, 4) is 23.0 Å². The highest BCUT2D eigenvalue weighted by Gasteiger charge is 2.59. The molecule has 4 rings (SSSR count). The van der Waals surface area contributed by atoms with E-state index < -0.39 is 0 Å². The molecule has 2 aliphatic carbocycles. The Hall–Kier alpha value is -2.36. The van der Waals surface area contributed by atoms with Gasteiger partial charge < -0.3 is 18.9 Å². The molecule has 2 aromatic rings. The molecule has 4 heteroatoms. The first kappa shape index (κ1) is 23.8. The van der Waals surface area contributed by atoms with Gasteiger partial charge in [0.05, 0.1) is 26.4 Å². The van der Waals surface area contributed by atoms with Gasteiger partial charge in [0.15, 0.2) is 23.0 Å². The maximum atomic E-state index is 6.38. The molecule has 0 amide bonds. The second-order valence-electron chi connectivity index (χ2n) is 10.6. The standard InChI is InChI=1S/C29H40O4/c1-9-30-21-15-13-19-23(25(21)32-11-3)29(17-27(19,5)6)18-28(7,8)20-14-16-22(31-10-2)26(24(20)29)33-12-4/h13-16H,9-12,17-18H2,1-8H3. The highest BCUT2D eigenvalue weighted by atomic mass is 16.5. The molecule has 1 spiro atoms. The Morgan fingerprint density at radius 3 is 1.27 bits per heavy atom. The Morgan fingerprint density at radius 2 is 0.939 bits per heavy atom. The van der Waals surface area contributed by atoms with Crippen molar-refractivity contribution in [1.29, 1.82) is 0 Å². The van der Waals surface area contributed by atoms with Gasteiger partial charge in [0, 0.05) is 16.5 Å². The van der Waals surface area contributed by atoms with E-state index in [4.69, 9.17) is 18.9 Å². The molecule has 2 aromatic carbocycles. The van der Waals surface area contributed by atoms with Crippen molar-refractivity contribution in [2.45, 2.75) is 84.5 Å². The summed E-state index contributed by atoms with van der Waals surface area (Å²) in [6, 6.07) is 8.70. The van der Waals surface area contributed by atoms with Gasteiger partial charge in [-0.1, -0.05) is 39.8 Å². The summed E-state index contributed by atoms with van der Waals surface area (Å²) in [6.07, 6.45) is 1.99. The van der Waals surface area contributed by atoms with Crippen LogP contribution in [-0.4, -0.2) is 26.4 Å². The molecular weight excluding hydrogens is 412 g/mol. The van der Waals surface area contributed by atoms with E-state index in [9.17, 15) is 0 Å². The maximum absolute atomic E-state index is 6.38. The summed E-state index contributed by atoms with van der Waals surface area (Å²) in [7, 11) is 0. The van der Waals surface area contributed by atoms with Crippen LogP contribution in [0.4, 0.5) is 0 Å². The Labute approximate surface area is 199 Å². The first-order chi connectivity index (χ1) is 15.7. The van der Waals surface area contributed by atoms with E-state index in [0.717, 1.165) is 35.8 Å². The molecule has 33 heavy (non-hydrogen) atoms. The molecule has 0 heterocycles. The molecule has 0 aliphatic heterocycles. The average molecular weight is 453 g/mol. The van der Waals surface area contributed by atoms with Gasteiger partial charge in [-0.05, 0) is 74.6 Å². The van der Waals surface area contributed by atoms with Crippen LogP contribution >= 0.6 is 0 Å². The van der Waals surface area contributed by atoms with Crippen LogP contribution in [0.3, 0.4) is 0 Å². The summed E-state index contributed by atoms with van der Waals surface area (Å²) in [4.78, 5) is 0. The van der Waals surface area contributed by atoms with Crippen molar-refractivity contribution in [2.75, 3.05) is 26.4 Å². The van der Waals surface area contributed by atoms with Crippen LogP contribution in [0.15, 0.2) is 24.3 Å². The van der Waals surface area contributed by atoms with Crippen LogP contribution in [0.2, 0.25) is 0 Å². The smallest absolute Gasteiger partial charge is 0.165 e. The Morgan fingerprint density at radius 1 is 0.576 bits per heavy atom. The van der Waals surface area contributed by atoms with Crippen molar-refractivity contribution < 1.29 is 18.9 Å². The van der Waals surface area contributed by atoms with E-state index in [1.165, 1.54) is 22.3 Å². The van der Waals surface area contributed by atoms with Gasteiger partial charge in [-0.2, -0.15) is 0 Å². The van der Waals surface area contributed by atoms with Crippen molar-refractivity contribution in [2.24, 2.45) is 0 Å². The Bertz CT molecular complexity index is 951. The Kier molecular flexibility index (Phi) is 6.09. The molecule has 4 nitrogen and oxygen atoms in total. The van der Waals surface area contributed by atoms with Crippen LogP contribution in [0.5, 0.6) is 23.0 Å². The van der Waals surface area contributed by atoms with Gasteiger partial charge in [-0.3, -0.25) is 0 Å². The second-order valence-corrected chi connectivity index (χ2v) is 10.6. The largest absolute Gasteiger partial charge is 0.490 e. The highest BCUT2D eigenvalue weighted by Crippen LogP contribution is 2.68. The number of hydrogen-bond donors (Lipinski definition) is 0. The molecule has 0 N–H and O–H groups in total. The van der Waals surface area contributed by atoms with Gasteiger partial charge in [0.1, 0.15) is 0 Å². The molecule has 0 bridgehead atoms. The van der Waals surface area contributed by atoms with Crippen molar-refractivity contribution >= 4 is 0 Å². The number of rotatable bonds is 8. The number of benzene rings is 2. The minimum atomic E-state index is -0.229. The molecule has 0 saturated carbocycles. The van der Waals surface area contributed by atoms with Gasteiger partial charge in [0.2, 0.25) is 0 Å². The van der Waals surface area contributed by atoms with E-state index in [-0.39, 0.29) is 16.2 Å². The number of fused-ring (bicyclic) bond motifs is 4. The van der Waals surface area contributed by atoms with Crippen molar-refractivity contribution in [3.05, 3.63) is 46.5 Å². The van der Waals surface area contributed by atoms with Gasteiger partial charge >= 0.3 is 0 Å². The third-order valence-electron chi connectivity index (χ3n) is 7.32. The lowest BCUT2D eigenvalue weighted by atomic mass is 9.72. The van der Waals surface area contributed by atoms with Crippen molar-refractivity contribution in [1.82, 2.24) is 0 Å². The zero-order valence-electron chi connectivity index (χ0n) is 21.7. The van der Waals surface area contributed by atoms with Crippen LogP contribution < -0.4 is 18.9 Å². The Balaban J connectivity index is 2.10. The zero-order chi connectivity index (χ0) is 24.0. The summed E-state index contributed by atoms with van der Waals surface area (Å²) in [5, 5.41) is 0. The molecular formula is C29H40O4. The van der Waals surface area contributed by atoms with Crippen LogP contribution in [0, 0.1) is 0 Å². The summed E-state index contributed by atoms with van der Waals surface area (Å²) in [5.41, 5.74) is 5.02. The monoisotopic (exact) mass is 452 g/mol. The lowest BCUT2D eigenvalue weighted by molar-refractivity contribution is 0.269. The molecule has 0 unspecified atom stereocenters. The molecule has 180 valence electrons. The highest BCUT2D eigenvalue weighted by molar-refractivity contribution is 5.71. The number of ether oxygens (including phenoxy) is 4. The molecule has 0 atom stereocenters.